The van der Waals surface area contributed by atoms with Crippen LogP contribution < -0.4 is 25.4 Å². The molecule has 0 bridgehead atoms. The van der Waals surface area contributed by atoms with Crippen LogP contribution >= 0.6 is 23.2 Å². The van der Waals surface area contributed by atoms with Crippen LogP contribution in [0.2, 0.25) is 10.0 Å². The number of benzene rings is 2. The van der Waals surface area contributed by atoms with E-state index in [1.54, 1.807) is 30.5 Å². The lowest BCUT2D eigenvalue weighted by molar-refractivity contribution is -0.111. The van der Waals surface area contributed by atoms with E-state index < -0.39 is 19.4 Å². The van der Waals surface area contributed by atoms with Crippen LogP contribution in [0.25, 0.3) is 22.0 Å². The van der Waals surface area contributed by atoms with E-state index in [2.05, 4.69) is 27.5 Å². The number of hydrogen-bond acceptors (Lipinski definition) is 7. The van der Waals surface area contributed by atoms with Crippen LogP contribution in [0.4, 0.5) is 31.8 Å². The summed E-state index contributed by atoms with van der Waals surface area (Å²) in [5, 5.41) is 11.2. The van der Waals surface area contributed by atoms with Gasteiger partial charge in [0.1, 0.15) is 23.1 Å². The van der Waals surface area contributed by atoms with Crippen molar-refractivity contribution in [2.75, 3.05) is 43.5 Å². The number of hydrogen-bond donors (Lipinski definition) is 3. The minimum absolute atomic E-state index is 0.160. The summed E-state index contributed by atoms with van der Waals surface area (Å²) >= 11 is 13.4. The van der Waals surface area contributed by atoms with Crippen molar-refractivity contribution in [3.63, 3.8) is 0 Å². The van der Waals surface area contributed by atoms with Crippen molar-refractivity contribution >= 4 is 62.9 Å². The quantitative estimate of drug-likeness (QED) is 0.118. The molecule has 0 aliphatic rings. The number of aromatic nitrogens is 2. The first-order chi connectivity index (χ1) is 21.2. The molecule has 1 amide bonds. The van der Waals surface area contributed by atoms with E-state index in [-0.39, 0.29) is 28.8 Å². The van der Waals surface area contributed by atoms with Gasteiger partial charge in [0.2, 0.25) is 5.91 Å². The largest absolute Gasteiger partial charge is 0.495 e. The lowest BCUT2D eigenvalue weighted by Crippen LogP contribution is -2.21. The number of ether oxygens (including phenoxy) is 2. The van der Waals surface area contributed by atoms with E-state index >= 15 is 0 Å². The number of amides is 1. The van der Waals surface area contributed by atoms with Gasteiger partial charge in [-0.3, -0.25) is 13.6 Å². The third-order valence-electron chi connectivity index (χ3n) is 7.00. The van der Waals surface area contributed by atoms with E-state index in [1.807, 2.05) is 19.1 Å². The Labute approximate surface area is 264 Å². The number of fused-ring (bicyclic) bond motifs is 1. The van der Waals surface area contributed by atoms with Crippen LogP contribution in [-0.4, -0.2) is 49.5 Å². The molecule has 12 heteroatoms. The van der Waals surface area contributed by atoms with Gasteiger partial charge in [-0.2, -0.15) is 0 Å². The second-order valence-corrected chi connectivity index (χ2v) is 10.7. The van der Waals surface area contributed by atoms with Gasteiger partial charge in [-0.1, -0.05) is 41.9 Å². The number of anilines is 4. The predicted molar refractivity (Wildman–Crippen MR) is 175 cm³/mol. The number of methoxy groups -OCH3 is 2. The van der Waals surface area contributed by atoms with E-state index in [9.17, 15) is 13.6 Å². The minimum Gasteiger partial charge on any atom is -0.495 e. The molecule has 0 fully saturated rings. The highest BCUT2D eigenvalue weighted by Crippen LogP contribution is 2.46. The van der Waals surface area contributed by atoms with Crippen molar-refractivity contribution in [3.8, 4) is 22.8 Å². The Bertz CT molecular complexity index is 1640. The molecule has 1 unspecified atom stereocenters. The summed E-state index contributed by atoms with van der Waals surface area (Å²) in [5.74, 6) is 1.19. The molecule has 0 aliphatic carbocycles. The van der Waals surface area contributed by atoms with Gasteiger partial charge >= 0.3 is 0 Å². The standard InChI is InChI=1S/C32H33Cl2F2N5O3/c1-5-27(42)39-22-10-6-8-18(2)31(22)41-26-15-21-19(17-37-26)14-23(40-32(21)38-20(11-13-36)9-7-12-35)28-29(33)24(43-3)16-25(44-4)30(28)34/h5-6,8,10,14-17,20H,1,7,9,11-13H2,2-4H3,(H,37,41)(H,38,40)(H,39,42). The zero-order chi connectivity index (χ0) is 31.8. The summed E-state index contributed by atoms with van der Waals surface area (Å²) < 4.78 is 37.5. The van der Waals surface area contributed by atoms with Crippen LogP contribution in [0, 0.1) is 6.92 Å². The lowest BCUT2D eigenvalue weighted by atomic mass is 10.0. The van der Waals surface area contributed by atoms with Gasteiger partial charge in [0.15, 0.2) is 0 Å². The average molecular weight is 645 g/mol. The number of carbonyl (C=O) groups excluding carboxylic acids is 1. The summed E-state index contributed by atoms with van der Waals surface area (Å²) in [4.78, 5) is 21.5. The van der Waals surface area contributed by atoms with Gasteiger partial charge in [-0.25, -0.2) is 9.97 Å². The highest BCUT2D eigenvalue weighted by atomic mass is 35.5. The first kappa shape index (κ1) is 32.8. The van der Waals surface area contributed by atoms with Gasteiger partial charge in [0, 0.05) is 34.6 Å². The molecule has 4 rings (SSSR count). The molecule has 0 aliphatic heterocycles. The Balaban J connectivity index is 1.89. The van der Waals surface area contributed by atoms with Gasteiger partial charge in [0.25, 0.3) is 0 Å². The molecule has 2 aromatic heterocycles. The Morgan fingerprint density at radius 1 is 1.07 bits per heavy atom. The number of halogens is 4. The summed E-state index contributed by atoms with van der Waals surface area (Å²) in [5.41, 5.74) is 2.84. The maximum Gasteiger partial charge on any atom is 0.247 e. The Morgan fingerprint density at radius 2 is 1.80 bits per heavy atom. The number of para-hydroxylation sites is 1. The van der Waals surface area contributed by atoms with Crippen molar-refractivity contribution in [1.82, 2.24) is 9.97 Å². The maximum atomic E-state index is 13.5. The number of alkyl halides is 2. The molecule has 2 aromatic carbocycles. The molecule has 0 spiro atoms. The topological polar surface area (TPSA) is 97.4 Å². The van der Waals surface area contributed by atoms with Crippen LogP contribution in [0.1, 0.15) is 24.8 Å². The minimum atomic E-state index is -0.590. The van der Waals surface area contributed by atoms with Crippen LogP contribution in [0.15, 0.2) is 55.3 Å². The molecule has 4 aromatic rings. The number of nitrogens with zero attached hydrogens (tertiary/aromatic N) is 2. The highest BCUT2D eigenvalue weighted by molar-refractivity contribution is 6.41. The molecular weight excluding hydrogens is 611 g/mol. The number of aryl methyl sites for hydroxylation is 1. The molecule has 8 nitrogen and oxygen atoms in total. The van der Waals surface area contributed by atoms with Gasteiger partial charge < -0.3 is 25.4 Å². The van der Waals surface area contributed by atoms with Crippen molar-refractivity contribution < 1.29 is 23.0 Å². The summed E-state index contributed by atoms with van der Waals surface area (Å²) in [6.45, 7) is 4.31. The molecule has 1 atom stereocenters. The Morgan fingerprint density at radius 3 is 2.43 bits per heavy atom. The number of rotatable bonds is 14. The fourth-order valence-corrected chi connectivity index (χ4v) is 5.44. The summed E-state index contributed by atoms with van der Waals surface area (Å²) in [6, 6.07) is 10.2. The smallest absolute Gasteiger partial charge is 0.247 e. The first-order valence-electron chi connectivity index (χ1n) is 13.8. The number of pyridine rings is 2. The Kier molecular flexibility index (Phi) is 11.2. The fourth-order valence-electron chi connectivity index (χ4n) is 4.75. The predicted octanol–water partition coefficient (Wildman–Crippen LogP) is 8.69. The van der Waals surface area contributed by atoms with Crippen molar-refractivity contribution in [1.29, 1.82) is 0 Å². The molecule has 0 saturated heterocycles. The zero-order valence-corrected chi connectivity index (χ0v) is 26.1. The number of nitrogens with one attached hydrogen (secondary N) is 3. The van der Waals surface area contributed by atoms with E-state index in [0.29, 0.717) is 63.0 Å². The van der Waals surface area contributed by atoms with Crippen molar-refractivity contribution in [2.24, 2.45) is 0 Å². The van der Waals surface area contributed by atoms with Crippen LogP contribution in [0.3, 0.4) is 0 Å². The monoisotopic (exact) mass is 643 g/mol. The molecular formula is C32H33Cl2F2N5O3. The lowest BCUT2D eigenvalue weighted by Gasteiger charge is -2.21. The second-order valence-electron chi connectivity index (χ2n) is 9.90. The third-order valence-corrected chi connectivity index (χ3v) is 7.75. The molecule has 2 heterocycles. The molecule has 3 N–H and O–H groups in total. The summed E-state index contributed by atoms with van der Waals surface area (Å²) in [6.07, 6.45) is 3.66. The van der Waals surface area contributed by atoms with Crippen molar-refractivity contribution in [2.45, 2.75) is 32.2 Å². The maximum absolute atomic E-state index is 13.5. The van der Waals surface area contributed by atoms with E-state index in [0.717, 1.165) is 5.56 Å². The van der Waals surface area contributed by atoms with E-state index in [1.165, 1.54) is 20.3 Å². The van der Waals surface area contributed by atoms with E-state index in [4.69, 9.17) is 37.7 Å². The SMILES string of the molecule is C=CC(=O)Nc1cccc(C)c1Nc1cc2c(NC(CCF)CCCF)nc(-c3c(Cl)c(OC)cc(OC)c3Cl)cc2cn1. The first-order valence-corrected chi connectivity index (χ1v) is 14.6. The molecule has 232 valence electrons. The van der Waals surface area contributed by atoms with Crippen LogP contribution in [0.5, 0.6) is 11.5 Å². The molecule has 0 radical (unpaired) electrons. The Hall–Kier alpha value is -4.15. The second kappa shape index (κ2) is 15.0. The highest BCUT2D eigenvalue weighted by Gasteiger charge is 2.22. The molecule has 44 heavy (non-hydrogen) atoms. The summed E-state index contributed by atoms with van der Waals surface area (Å²) in [7, 11) is 2.96. The van der Waals surface area contributed by atoms with Crippen molar-refractivity contribution in [3.05, 3.63) is 70.9 Å². The average Bonchev–Trinajstić information content (AvgIpc) is 3.02. The van der Waals surface area contributed by atoms with Crippen LogP contribution in [-0.2, 0) is 4.79 Å². The molecule has 0 saturated carbocycles. The van der Waals surface area contributed by atoms with Gasteiger partial charge in [-0.05, 0) is 56.0 Å². The third kappa shape index (κ3) is 7.31. The normalized spacial score (nSPS) is 11.6. The zero-order valence-electron chi connectivity index (χ0n) is 24.6. The van der Waals surface area contributed by atoms with Gasteiger partial charge in [0.05, 0.1) is 54.7 Å². The van der Waals surface area contributed by atoms with Gasteiger partial charge in [-0.15, -0.1) is 0 Å². The number of carbonyl (C=O) groups is 1. The fraction of sp³-hybridized carbons (Fsp3) is 0.281.